The number of benzene rings is 3. The second-order valence-corrected chi connectivity index (χ2v) is 8.63. The van der Waals surface area contributed by atoms with Crippen molar-refractivity contribution >= 4 is 28.9 Å². The van der Waals surface area contributed by atoms with Crippen molar-refractivity contribution < 1.29 is 14.3 Å². The van der Waals surface area contributed by atoms with Gasteiger partial charge < -0.3 is 20.1 Å². The molecule has 0 fully saturated rings. The molecule has 184 valence electrons. The largest absolute Gasteiger partial charge is 0.497 e. The van der Waals surface area contributed by atoms with Gasteiger partial charge in [-0.3, -0.25) is 9.59 Å². The van der Waals surface area contributed by atoms with Gasteiger partial charge >= 0.3 is 0 Å². The zero-order valence-corrected chi connectivity index (χ0v) is 20.7. The lowest BCUT2D eigenvalue weighted by Gasteiger charge is -2.15. The Bertz CT molecular complexity index is 1430. The first-order valence-electron chi connectivity index (χ1n) is 11.2. The number of ether oxygens (including phenoxy) is 2. The van der Waals surface area contributed by atoms with Crippen LogP contribution < -0.4 is 25.7 Å². The predicted molar refractivity (Wildman–Crippen MR) is 140 cm³/mol. The highest BCUT2D eigenvalue weighted by atomic mass is 35.5. The second-order valence-electron chi connectivity index (χ2n) is 8.19. The topological polar surface area (TPSA) is 94.5 Å². The summed E-state index contributed by atoms with van der Waals surface area (Å²) in [6.45, 7) is 3.77. The van der Waals surface area contributed by atoms with Crippen LogP contribution >= 0.6 is 11.6 Å². The van der Waals surface area contributed by atoms with Crippen LogP contribution in [0, 0.1) is 0 Å². The number of anilines is 2. The summed E-state index contributed by atoms with van der Waals surface area (Å²) < 4.78 is 12.4. The Morgan fingerprint density at radius 3 is 2.42 bits per heavy atom. The molecule has 0 bridgehead atoms. The highest BCUT2D eigenvalue weighted by molar-refractivity contribution is 6.30. The smallest absolute Gasteiger partial charge is 0.299 e. The van der Waals surface area contributed by atoms with Crippen LogP contribution in [0.3, 0.4) is 0 Å². The van der Waals surface area contributed by atoms with E-state index in [2.05, 4.69) is 15.7 Å². The van der Waals surface area contributed by atoms with E-state index >= 15 is 0 Å². The fourth-order valence-corrected chi connectivity index (χ4v) is 3.61. The maximum absolute atomic E-state index is 13.6. The SMILES string of the molecule is COc1ccc(Oc2cnn(-c3cccc(Cl)c3)c(=O)c2Nc2cccc(C(=O)NC(C)C)c2)cc1. The molecule has 0 saturated carbocycles. The van der Waals surface area contributed by atoms with Crippen molar-refractivity contribution in [2.45, 2.75) is 19.9 Å². The molecule has 0 spiro atoms. The van der Waals surface area contributed by atoms with E-state index in [9.17, 15) is 9.59 Å². The van der Waals surface area contributed by atoms with Gasteiger partial charge in [0.2, 0.25) is 0 Å². The summed E-state index contributed by atoms with van der Waals surface area (Å²) >= 11 is 6.13. The van der Waals surface area contributed by atoms with Crippen LogP contribution in [0.5, 0.6) is 17.2 Å². The summed E-state index contributed by atoms with van der Waals surface area (Å²) in [5, 5.41) is 10.7. The molecule has 0 atom stereocenters. The van der Waals surface area contributed by atoms with E-state index in [0.717, 1.165) is 0 Å². The van der Waals surface area contributed by atoms with Crippen LogP contribution in [0.15, 0.2) is 83.8 Å². The number of rotatable bonds is 8. The molecule has 36 heavy (non-hydrogen) atoms. The molecule has 0 aliphatic rings. The van der Waals surface area contributed by atoms with Gasteiger partial charge in [0.15, 0.2) is 11.4 Å². The molecule has 0 unspecified atom stereocenters. The Balaban J connectivity index is 1.75. The average molecular weight is 505 g/mol. The number of carbonyl (C=O) groups excluding carboxylic acids is 1. The summed E-state index contributed by atoms with van der Waals surface area (Å²) in [5.41, 5.74) is 1.17. The zero-order valence-electron chi connectivity index (χ0n) is 20.0. The van der Waals surface area contributed by atoms with E-state index in [4.69, 9.17) is 21.1 Å². The maximum Gasteiger partial charge on any atom is 0.299 e. The number of hydrogen-bond donors (Lipinski definition) is 2. The van der Waals surface area contributed by atoms with Gasteiger partial charge in [-0.25, -0.2) is 0 Å². The van der Waals surface area contributed by atoms with Gasteiger partial charge in [0.1, 0.15) is 11.5 Å². The minimum atomic E-state index is -0.458. The van der Waals surface area contributed by atoms with Crippen LogP contribution in [-0.2, 0) is 0 Å². The minimum absolute atomic E-state index is 0.0105. The van der Waals surface area contributed by atoms with Crippen molar-refractivity contribution in [3.8, 4) is 22.9 Å². The van der Waals surface area contributed by atoms with Crippen LogP contribution in [-0.4, -0.2) is 28.8 Å². The van der Waals surface area contributed by atoms with Gasteiger partial charge in [-0.2, -0.15) is 9.78 Å². The normalized spacial score (nSPS) is 10.7. The van der Waals surface area contributed by atoms with Crippen molar-refractivity contribution in [3.63, 3.8) is 0 Å². The van der Waals surface area contributed by atoms with E-state index in [0.29, 0.717) is 33.5 Å². The van der Waals surface area contributed by atoms with E-state index < -0.39 is 5.56 Å². The number of nitrogens with one attached hydrogen (secondary N) is 2. The Kier molecular flexibility index (Phi) is 7.56. The molecule has 0 aliphatic heterocycles. The lowest BCUT2D eigenvalue weighted by molar-refractivity contribution is 0.0943. The molecule has 1 aromatic heterocycles. The molecular weight excluding hydrogens is 480 g/mol. The number of hydrogen-bond acceptors (Lipinski definition) is 6. The molecule has 4 aromatic rings. The third-order valence-electron chi connectivity index (χ3n) is 5.10. The van der Waals surface area contributed by atoms with Gasteiger partial charge in [-0.15, -0.1) is 0 Å². The number of nitrogens with zero attached hydrogens (tertiary/aromatic N) is 2. The van der Waals surface area contributed by atoms with Crippen LogP contribution in [0.4, 0.5) is 11.4 Å². The first-order chi connectivity index (χ1) is 17.3. The lowest BCUT2D eigenvalue weighted by atomic mass is 10.1. The number of methoxy groups -OCH3 is 1. The van der Waals surface area contributed by atoms with Crippen molar-refractivity contribution in [2.24, 2.45) is 0 Å². The molecule has 4 rings (SSSR count). The molecule has 8 nitrogen and oxygen atoms in total. The molecule has 9 heteroatoms. The average Bonchev–Trinajstić information content (AvgIpc) is 2.86. The summed E-state index contributed by atoms with van der Waals surface area (Å²) in [6.07, 6.45) is 1.45. The van der Waals surface area contributed by atoms with Gasteiger partial charge in [0, 0.05) is 22.3 Å². The molecule has 1 amide bonds. The summed E-state index contributed by atoms with van der Waals surface area (Å²) in [6, 6.07) is 20.6. The summed E-state index contributed by atoms with van der Waals surface area (Å²) in [4.78, 5) is 26.1. The number of carbonyl (C=O) groups is 1. The van der Waals surface area contributed by atoms with Crippen molar-refractivity contribution in [2.75, 3.05) is 12.4 Å². The number of amides is 1. The van der Waals surface area contributed by atoms with E-state index in [1.165, 1.54) is 10.9 Å². The molecule has 3 aromatic carbocycles. The highest BCUT2D eigenvalue weighted by Crippen LogP contribution is 2.30. The van der Waals surface area contributed by atoms with Gasteiger partial charge in [-0.1, -0.05) is 23.7 Å². The predicted octanol–water partition coefficient (Wildman–Crippen LogP) is 5.57. The Morgan fingerprint density at radius 2 is 1.72 bits per heavy atom. The summed E-state index contributed by atoms with van der Waals surface area (Å²) in [7, 11) is 1.58. The summed E-state index contributed by atoms with van der Waals surface area (Å²) in [5.74, 6) is 1.16. The van der Waals surface area contributed by atoms with Gasteiger partial charge in [0.25, 0.3) is 11.5 Å². The first-order valence-corrected chi connectivity index (χ1v) is 11.6. The van der Waals surface area contributed by atoms with Crippen molar-refractivity contribution in [3.05, 3.63) is 99.9 Å². The van der Waals surface area contributed by atoms with Crippen LogP contribution in [0.1, 0.15) is 24.2 Å². The lowest BCUT2D eigenvalue weighted by Crippen LogP contribution is -2.30. The Morgan fingerprint density at radius 1 is 1.00 bits per heavy atom. The standard InChI is InChI=1S/C27H25ClN4O4/c1-17(2)30-26(33)18-6-4-8-20(14-18)31-25-24(36-23-12-10-22(35-3)11-13-23)16-29-32(27(25)34)21-9-5-7-19(28)15-21/h4-17,31H,1-3H3,(H,30,33). The maximum atomic E-state index is 13.6. The molecule has 0 aliphatic carbocycles. The van der Waals surface area contributed by atoms with E-state index in [1.54, 1.807) is 79.9 Å². The minimum Gasteiger partial charge on any atom is -0.497 e. The van der Waals surface area contributed by atoms with Crippen molar-refractivity contribution in [1.82, 2.24) is 15.1 Å². The van der Waals surface area contributed by atoms with Gasteiger partial charge in [-0.05, 0) is 74.5 Å². The third kappa shape index (κ3) is 5.84. The zero-order chi connectivity index (χ0) is 25.7. The van der Waals surface area contributed by atoms with E-state index in [-0.39, 0.29) is 23.4 Å². The monoisotopic (exact) mass is 504 g/mol. The Labute approximate surface area is 213 Å². The molecule has 0 radical (unpaired) electrons. The second kappa shape index (κ2) is 11.0. The molecule has 0 saturated heterocycles. The third-order valence-corrected chi connectivity index (χ3v) is 5.33. The van der Waals surface area contributed by atoms with Crippen LogP contribution in [0.2, 0.25) is 5.02 Å². The molecular formula is C27H25ClN4O4. The molecule has 2 N–H and O–H groups in total. The number of aromatic nitrogens is 2. The van der Waals surface area contributed by atoms with Crippen LogP contribution in [0.25, 0.3) is 5.69 Å². The van der Waals surface area contributed by atoms with E-state index in [1.807, 2.05) is 13.8 Å². The van der Waals surface area contributed by atoms with Crippen molar-refractivity contribution in [1.29, 1.82) is 0 Å². The fourth-order valence-electron chi connectivity index (χ4n) is 3.42. The Hall–Kier alpha value is -4.30. The quantitative estimate of drug-likeness (QED) is 0.326. The first kappa shape index (κ1) is 24.8. The fraction of sp³-hybridized carbons (Fsp3) is 0.148. The number of halogens is 1. The molecule has 1 heterocycles. The highest BCUT2D eigenvalue weighted by Gasteiger charge is 2.17. The van der Waals surface area contributed by atoms with Gasteiger partial charge in [0.05, 0.1) is 19.0 Å².